The highest BCUT2D eigenvalue weighted by molar-refractivity contribution is 6.10. The summed E-state index contributed by atoms with van der Waals surface area (Å²) in [4.78, 5) is 18.4. The summed E-state index contributed by atoms with van der Waals surface area (Å²) in [5.41, 5.74) is 1.86. The zero-order chi connectivity index (χ0) is 14.1. The Morgan fingerprint density at radius 1 is 1.35 bits per heavy atom. The third-order valence-electron chi connectivity index (χ3n) is 4.59. The van der Waals surface area contributed by atoms with Crippen LogP contribution in [-0.4, -0.2) is 34.3 Å². The molecule has 3 rings (SSSR count). The predicted molar refractivity (Wildman–Crippen MR) is 82.1 cm³/mol. The summed E-state index contributed by atoms with van der Waals surface area (Å²) < 4.78 is 0. The summed E-state index contributed by atoms with van der Waals surface area (Å²) in [5, 5.41) is 1.04. The van der Waals surface area contributed by atoms with Crippen LogP contribution in [0.5, 0.6) is 0 Å². The first-order valence-electron chi connectivity index (χ1n) is 7.54. The van der Waals surface area contributed by atoms with E-state index in [1.165, 1.54) is 19.3 Å². The Morgan fingerprint density at radius 2 is 2.15 bits per heavy atom. The molecule has 1 aliphatic heterocycles. The Bertz CT molecular complexity index is 616. The number of carbonyl (C=O) groups is 1. The van der Waals surface area contributed by atoms with Gasteiger partial charge >= 0.3 is 0 Å². The third-order valence-corrected chi connectivity index (χ3v) is 4.59. The normalized spacial score (nSPS) is 22.0. The van der Waals surface area contributed by atoms with Gasteiger partial charge in [-0.2, -0.15) is 0 Å². The zero-order valence-electron chi connectivity index (χ0n) is 12.2. The number of H-pyrrole nitrogens is 1. The first-order valence-corrected chi connectivity index (χ1v) is 7.54. The maximum atomic E-state index is 12.8. The quantitative estimate of drug-likeness (QED) is 0.865. The van der Waals surface area contributed by atoms with E-state index in [-0.39, 0.29) is 11.8 Å². The number of para-hydroxylation sites is 1. The van der Waals surface area contributed by atoms with E-state index in [4.69, 9.17) is 0 Å². The van der Waals surface area contributed by atoms with Crippen LogP contribution < -0.4 is 0 Å². The maximum absolute atomic E-state index is 12.8. The van der Waals surface area contributed by atoms with Crippen LogP contribution in [0.4, 0.5) is 0 Å². The lowest BCUT2D eigenvalue weighted by molar-refractivity contribution is 0.0703. The number of carbonyl (C=O) groups excluding carboxylic acids is 1. The molecular weight excluding hydrogens is 248 g/mol. The topological polar surface area (TPSA) is 36.1 Å². The summed E-state index contributed by atoms with van der Waals surface area (Å²) in [6.07, 6.45) is 5.55. The van der Waals surface area contributed by atoms with Crippen molar-refractivity contribution >= 4 is 16.7 Å². The van der Waals surface area contributed by atoms with Crippen LogP contribution in [0.1, 0.15) is 43.5 Å². The number of benzene rings is 1. The number of likely N-dealkylation sites (tertiary alicyclic amines) is 1. The molecule has 1 N–H and O–H groups in total. The number of hydrogen-bond acceptors (Lipinski definition) is 2. The minimum absolute atomic E-state index is 0.0375. The number of piperidine rings is 1. The van der Waals surface area contributed by atoms with Gasteiger partial charge in [-0.05, 0) is 39.3 Å². The average molecular weight is 270 g/mol. The van der Waals surface area contributed by atoms with E-state index in [9.17, 15) is 4.79 Å². The van der Waals surface area contributed by atoms with Gasteiger partial charge in [-0.25, -0.2) is 0 Å². The molecule has 3 nitrogen and oxygen atoms in total. The SMILES string of the molecule is C[C@H](C(=O)c1c[nH]c2ccccc12)N1CCCC[C@@H]1C. The lowest BCUT2D eigenvalue weighted by Gasteiger charge is -2.37. The third kappa shape index (κ3) is 2.27. The second kappa shape index (κ2) is 5.41. The van der Waals surface area contributed by atoms with Gasteiger partial charge in [0.25, 0.3) is 0 Å². The number of fused-ring (bicyclic) bond motifs is 1. The largest absolute Gasteiger partial charge is 0.360 e. The summed E-state index contributed by atoms with van der Waals surface area (Å²) in [6, 6.07) is 8.48. The first kappa shape index (κ1) is 13.4. The van der Waals surface area contributed by atoms with Crippen molar-refractivity contribution in [2.75, 3.05) is 6.54 Å². The van der Waals surface area contributed by atoms with Gasteiger partial charge in [0.15, 0.2) is 5.78 Å². The van der Waals surface area contributed by atoms with Crippen LogP contribution in [0.2, 0.25) is 0 Å². The minimum Gasteiger partial charge on any atom is -0.360 e. The van der Waals surface area contributed by atoms with Gasteiger partial charge in [0.2, 0.25) is 0 Å². The van der Waals surface area contributed by atoms with Crippen molar-refractivity contribution in [3.05, 3.63) is 36.0 Å². The highest BCUT2D eigenvalue weighted by Crippen LogP contribution is 2.24. The van der Waals surface area contributed by atoms with Crippen molar-refractivity contribution in [1.29, 1.82) is 0 Å². The van der Waals surface area contributed by atoms with Crippen molar-refractivity contribution in [1.82, 2.24) is 9.88 Å². The molecule has 1 aliphatic rings. The van der Waals surface area contributed by atoms with Crippen LogP contribution in [0, 0.1) is 0 Å². The van der Waals surface area contributed by atoms with Gasteiger partial charge in [0.05, 0.1) is 6.04 Å². The Balaban J connectivity index is 1.88. The lowest BCUT2D eigenvalue weighted by Crippen LogP contribution is -2.47. The van der Waals surface area contributed by atoms with Gasteiger partial charge < -0.3 is 4.98 Å². The van der Waals surface area contributed by atoms with Crippen molar-refractivity contribution in [3.8, 4) is 0 Å². The fourth-order valence-electron chi connectivity index (χ4n) is 3.35. The molecule has 2 heterocycles. The maximum Gasteiger partial charge on any atom is 0.181 e. The molecule has 0 spiro atoms. The van der Waals surface area contributed by atoms with E-state index in [2.05, 4.69) is 16.8 Å². The molecule has 0 aliphatic carbocycles. The Hall–Kier alpha value is -1.61. The summed E-state index contributed by atoms with van der Waals surface area (Å²) in [6.45, 7) is 5.32. The van der Waals surface area contributed by atoms with E-state index in [0.29, 0.717) is 6.04 Å². The van der Waals surface area contributed by atoms with Gasteiger partial charge in [0.1, 0.15) is 0 Å². The molecule has 2 atom stereocenters. The second-order valence-electron chi connectivity index (χ2n) is 5.87. The molecule has 0 amide bonds. The molecule has 106 valence electrons. The molecule has 20 heavy (non-hydrogen) atoms. The van der Waals surface area contributed by atoms with E-state index in [1.54, 1.807) is 0 Å². The molecule has 0 radical (unpaired) electrons. The van der Waals surface area contributed by atoms with Crippen LogP contribution in [-0.2, 0) is 0 Å². The predicted octanol–water partition coefficient (Wildman–Crippen LogP) is 3.61. The second-order valence-corrected chi connectivity index (χ2v) is 5.87. The number of nitrogens with one attached hydrogen (secondary N) is 1. The average Bonchev–Trinajstić information content (AvgIpc) is 2.90. The van der Waals surface area contributed by atoms with Crippen molar-refractivity contribution < 1.29 is 4.79 Å². The lowest BCUT2D eigenvalue weighted by atomic mass is 9.97. The number of ketones is 1. The summed E-state index contributed by atoms with van der Waals surface area (Å²) in [7, 11) is 0. The van der Waals surface area contributed by atoms with Crippen LogP contribution in [0.25, 0.3) is 10.9 Å². The highest BCUT2D eigenvalue weighted by atomic mass is 16.1. The highest BCUT2D eigenvalue weighted by Gasteiger charge is 2.29. The van der Waals surface area contributed by atoms with Crippen molar-refractivity contribution in [2.24, 2.45) is 0 Å². The molecule has 1 fully saturated rings. The number of Topliss-reactive ketones (excluding diaryl/α,β-unsaturated/α-hetero) is 1. The summed E-state index contributed by atoms with van der Waals surface area (Å²) >= 11 is 0. The minimum atomic E-state index is -0.0375. The van der Waals surface area contributed by atoms with E-state index < -0.39 is 0 Å². The molecule has 0 unspecified atom stereocenters. The first-order chi connectivity index (χ1) is 9.68. The van der Waals surface area contributed by atoms with Crippen LogP contribution in [0.15, 0.2) is 30.5 Å². The monoisotopic (exact) mass is 270 g/mol. The number of aromatic amines is 1. The fourth-order valence-corrected chi connectivity index (χ4v) is 3.35. The van der Waals surface area contributed by atoms with Crippen molar-refractivity contribution in [2.45, 2.75) is 45.2 Å². The van der Waals surface area contributed by atoms with Gasteiger partial charge in [-0.15, -0.1) is 0 Å². The van der Waals surface area contributed by atoms with E-state index >= 15 is 0 Å². The molecule has 1 aromatic heterocycles. The number of hydrogen-bond donors (Lipinski definition) is 1. The number of aromatic nitrogens is 1. The van der Waals surface area contributed by atoms with Gasteiger partial charge in [-0.3, -0.25) is 9.69 Å². The molecule has 1 aromatic carbocycles. The number of rotatable bonds is 3. The van der Waals surface area contributed by atoms with E-state index in [0.717, 1.165) is 23.0 Å². The molecule has 1 saturated heterocycles. The Labute approximate surface area is 120 Å². The molecule has 2 aromatic rings. The standard InChI is InChI=1S/C17H22N2O/c1-12-7-5-6-10-19(12)13(2)17(20)15-11-18-16-9-4-3-8-14(15)16/h3-4,8-9,11-13,18H,5-7,10H2,1-2H3/t12-,13+/m0/s1. The van der Waals surface area contributed by atoms with E-state index in [1.807, 2.05) is 37.4 Å². The number of nitrogens with zero attached hydrogens (tertiary/aromatic N) is 1. The fraction of sp³-hybridized carbons (Fsp3) is 0.471. The van der Waals surface area contributed by atoms with Crippen LogP contribution in [0.3, 0.4) is 0 Å². The van der Waals surface area contributed by atoms with Gasteiger partial charge in [-0.1, -0.05) is 24.6 Å². The Morgan fingerprint density at radius 3 is 2.95 bits per heavy atom. The molecule has 0 bridgehead atoms. The Kier molecular flexibility index (Phi) is 3.62. The molecule has 0 saturated carbocycles. The molecular formula is C17H22N2O. The zero-order valence-corrected chi connectivity index (χ0v) is 12.2. The molecule has 3 heteroatoms. The van der Waals surface area contributed by atoms with Gasteiger partial charge in [0, 0.05) is 28.7 Å². The van der Waals surface area contributed by atoms with Crippen molar-refractivity contribution in [3.63, 3.8) is 0 Å². The summed E-state index contributed by atoms with van der Waals surface area (Å²) in [5.74, 6) is 0.233. The van der Waals surface area contributed by atoms with Crippen LogP contribution >= 0.6 is 0 Å². The smallest absolute Gasteiger partial charge is 0.181 e.